The van der Waals surface area contributed by atoms with E-state index in [4.69, 9.17) is 32.7 Å². The number of aryl methyl sites for hydroxylation is 1. The Labute approximate surface area is 198 Å². The highest BCUT2D eigenvalue weighted by Gasteiger charge is 2.26. The molecule has 1 heterocycles. The van der Waals surface area contributed by atoms with Crippen molar-refractivity contribution in [1.29, 1.82) is 0 Å². The van der Waals surface area contributed by atoms with Crippen LogP contribution in [-0.2, 0) is 22.6 Å². The van der Waals surface area contributed by atoms with Gasteiger partial charge in [-0.2, -0.15) is 0 Å². The molecule has 32 heavy (non-hydrogen) atoms. The van der Waals surface area contributed by atoms with E-state index in [1.54, 1.807) is 30.0 Å². The number of carbonyl (C=O) groups is 2. The largest absolute Gasteiger partial charge is 0.454 e. The third-order valence-electron chi connectivity index (χ3n) is 5.42. The first kappa shape index (κ1) is 24.2. The number of unbranched alkanes of at least 4 members (excludes halogenated alkanes) is 1. The Hall–Kier alpha value is -2.44. The van der Waals surface area contributed by atoms with Crippen LogP contribution in [0.1, 0.15) is 44.2 Å². The highest BCUT2D eigenvalue weighted by molar-refractivity contribution is 6.35. The molecule has 0 aliphatic carbocycles. The maximum atomic E-state index is 13.2. The van der Waals surface area contributed by atoms with Crippen LogP contribution in [0.15, 0.2) is 36.4 Å². The lowest BCUT2D eigenvalue weighted by Gasteiger charge is -2.29. The van der Waals surface area contributed by atoms with Crippen molar-refractivity contribution in [2.45, 2.75) is 52.1 Å². The summed E-state index contributed by atoms with van der Waals surface area (Å²) in [7, 11) is 0. The lowest BCUT2D eigenvalue weighted by Crippen LogP contribution is -2.47. The minimum atomic E-state index is -0.636. The predicted molar refractivity (Wildman–Crippen MR) is 125 cm³/mol. The number of carbonyl (C=O) groups excluding carboxylic acids is 2. The first-order valence-electron chi connectivity index (χ1n) is 10.8. The molecule has 0 saturated heterocycles. The Bertz CT molecular complexity index is 967. The molecule has 6 nitrogen and oxygen atoms in total. The average Bonchev–Trinajstić information content (AvgIpc) is 3.24. The molecule has 1 aliphatic heterocycles. The number of hydrogen-bond donors (Lipinski definition) is 1. The van der Waals surface area contributed by atoms with Gasteiger partial charge in [-0.3, -0.25) is 9.59 Å². The summed E-state index contributed by atoms with van der Waals surface area (Å²) in [5, 5.41) is 3.89. The molecule has 3 rings (SSSR count). The van der Waals surface area contributed by atoms with Gasteiger partial charge in [-0.15, -0.1) is 0 Å². The van der Waals surface area contributed by atoms with Crippen molar-refractivity contribution >= 4 is 35.0 Å². The summed E-state index contributed by atoms with van der Waals surface area (Å²) in [4.78, 5) is 27.5. The summed E-state index contributed by atoms with van der Waals surface area (Å²) in [6, 6.07) is 10.2. The maximum absolute atomic E-state index is 13.2. The molecule has 1 N–H and O–H groups in total. The third kappa shape index (κ3) is 6.30. The molecule has 0 aromatic heterocycles. The van der Waals surface area contributed by atoms with Crippen molar-refractivity contribution in [3.05, 3.63) is 57.6 Å². The van der Waals surface area contributed by atoms with Crippen LogP contribution in [0.4, 0.5) is 0 Å². The molecule has 2 aromatic rings. The van der Waals surface area contributed by atoms with Gasteiger partial charge in [0.05, 0.1) is 0 Å². The van der Waals surface area contributed by atoms with E-state index in [1.807, 2.05) is 18.2 Å². The van der Waals surface area contributed by atoms with Crippen LogP contribution in [0, 0.1) is 0 Å². The van der Waals surface area contributed by atoms with E-state index in [9.17, 15) is 9.59 Å². The van der Waals surface area contributed by atoms with Crippen LogP contribution in [0.25, 0.3) is 0 Å². The summed E-state index contributed by atoms with van der Waals surface area (Å²) >= 11 is 12.4. The van der Waals surface area contributed by atoms with E-state index in [1.165, 1.54) is 0 Å². The molecule has 8 heteroatoms. The Morgan fingerprint density at radius 3 is 2.66 bits per heavy atom. The summed E-state index contributed by atoms with van der Waals surface area (Å²) in [6.45, 7) is 4.81. The van der Waals surface area contributed by atoms with Crippen LogP contribution in [0.2, 0.25) is 10.0 Å². The first-order chi connectivity index (χ1) is 15.4. The fourth-order valence-corrected chi connectivity index (χ4v) is 3.91. The number of nitrogens with zero attached hydrogens (tertiary/aromatic N) is 1. The van der Waals surface area contributed by atoms with Crippen molar-refractivity contribution in [1.82, 2.24) is 10.2 Å². The monoisotopic (exact) mass is 478 g/mol. The zero-order chi connectivity index (χ0) is 23.1. The molecular formula is C24H28Cl2N2O4. The van der Waals surface area contributed by atoms with Crippen LogP contribution in [0.3, 0.4) is 0 Å². The molecule has 0 spiro atoms. The first-order valence-corrected chi connectivity index (χ1v) is 11.5. The van der Waals surface area contributed by atoms with Gasteiger partial charge < -0.3 is 19.7 Å². The van der Waals surface area contributed by atoms with E-state index in [-0.39, 0.29) is 31.6 Å². The standard InChI is InChI=1S/C24H28Cl2N2O4/c1-3-4-11-27-24(30)16(2)28(14-18-7-8-19(25)13-20(18)26)23(29)10-6-17-5-9-21-22(12-17)32-15-31-21/h5,7-9,12-13,16H,3-4,6,10-11,14-15H2,1-2H3,(H,27,30)/t16-/m1/s1. The normalized spacial score (nSPS) is 13.0. The zero-order valence-electron chi connectivity index (χ0n) is 18.3. The van der Waals surface area contributed by atoms with Gasteiger partial charge in [-0.05, 0) is 55.2 Å². The minimum Gasteiger partial charge on any atom is -0.454 e. The molecule has 1 atom stereocenters. The van der Waals surface area contributed by atoms with Crippen LogP contribution in [0.5, 0.6) is 11.5 Å². The predicted octanol–water partition coefficient (Wildman–Crippen LogP) is 4.99. The number of rotatable bonds is 10. The summed E-state index contributed by atoms with van der Waals surface area (Å²) in [6.07, 6.45) is 2.63. The van der Waals surface area contributed by atoms with Crippen molar-refractivity contribution in [2.24, 2.45) is 0 Å². The second-order valence-electron chi connectivity index (χ2n) is 7.77. The molecule has 2 amide bonds. The molecule has 1 aliphatic rings. The number of hydrogen-bond acceptors (Lipinski definition) is 4. The Morgan fingerprint density at radius 2 is 1.91 bits per heavy atom. The number of halogens is 2. The Kier molecular flexibility index (Phi) is 8.65. The molecule has 0 fully saturated rings. The number of amides is 2. The maximum Gasteiger partial charge on any atom is 0.242 e. The van der Waals surface area contributed by atoms with Gasteiger partial charge in [0.1, 0.15) is 6.04 Å². The smallest absolute Gasteiger partial charge is 0.242 e. The number of ether oxygens (including phenoxy) is 2. The lowest BCUT2D eigenvalue weighted by molar-refractivity contribution is -0.140. The van der Waals surface area contributed by atoms with Crippen molar-refractivity contribution in [2.75, 3.05) is 13.3 Å². The molecule has 0 saturated carbocycles. The van der Waals surface area contributed by atoms with Gasteiger partial charge in [-0.1, -0.05) is 48.7 Å². The fraction of sp³-hybridized carbons (Fsp3) is 0.417. The van der Waals surface area contributed by atoms with Gasteiger partial charge in [0.15, 0.2) is 11.5 Å². The average molecular weight is 479 g/mol. The van der Waals surface area contributed by atoms with Crippen LogP contribution >= 0.6 is 23.2 Å². The minimum absolute atomic E-state index is 0.133. The fourth-order valence-electron chi connectivity index (χ4n) is 3.44. The van der Waals surface area contributed by atoms with Gasteiger partial charge in [0.25, 0.3) is 0 Å². The topological polar surface area (TPSA) is 67.9 Å². The Balaban J connectivity index is 1.72. The van der Waals surface area contributed by atoms with Crippen molar-refractivity contribution in [3.63, 3.8) is 0 Å². The summed E-state index contributed by atoms with van der Waals surface area (Å²) < 4.78 is 10.8. The molecular weight excluding hydrogens is 451 g/mol. The van der Waals surface area contributed by atoms with Gasteiger partial charge in [0.2, 0.25) is 18.6 Å². The van der Waals surface area contributed by atoms with Gasteiger partial charge >= 0.3 is 0 Å². The van der Waals surface area contributed by atoms with Crippen molar-refractivity contribution < 1.29 is 19.1 Å². The quantitative estimate of drug-likeness (QED) is 0.488. The van der Waals surface area contributed by atoms with Crippen molar-refractivity contribution in [3.8, 4) is 11.5 Å². The molecule has 0 radical (unpaired) electrons. The summed E-state index contributed by atoms with van der Waals surface area (Å²) in [5.74, 6) is 1.08. The molecule has 0 unspecified atom stereocenters. The Morgan fingerprint density at radius 1 is 1.12 bits per heavy atom. The van der Waals surface area contributed by atoms with E-state index < -0.39 is 6.04 Å². The molecule has 0 bridgehead atoms. The molecule has 172 valence electrons. The lowest BCUT2D eigenvalue weighted by atomic mass is 10.1. The SMILES string of the molecule is CCCCNC(=O)[C@@H](C)N(Cc1ccc(Cl)cc1Cl)C(=O)CCc1ccc2c(c1)OCO2. The van der Waals surface area contributed by atoms with Gasteiger partial charge in [0, 0.05) is 29.6 Å². The van der Waals surface area contributed by atoms with E-state index in [0.29, 0.717) is 34.5 Å². The number of fused-ring (bicyclic) bond motifs is 1. The van der Waals surface area contributed by atoms with Crippen LogP contribution < -0.4 is 14.8 Å². The zero-order valence-corrected chi connectivity index (χ0v) is 19.8. The van der Waals surface area contributed by atoms with E-state index in [2.05, 4.69) is 12.2 Å². The second-order valence-corrected chi connectivity index (χ2v) is 8.61. The highest BCUT2D eigenvalue weighted by atomic mass is 35.5. The highest BCUT2D eigenvalue weighted by Crippen LogP contribution is 2.33. The summed E-state index contributed by atoms with van der Waals surface area (Å²) in [5.41, 5.74) is 1.70. The second kappa shape index (κ2) is 11.4. The molecule has 2 aromatic carbocycles. The number of benzene rings is 2. The van der Waals surface area contributed by atoms with Gasteiger partial charge in [-0.25, -0.2) is 0 Å². The third-order valence-corrected chi connectivity index (χ3v) is 6.00. The van der Waals surface area contributed by atoms with E-state index >= 15 is 0 Å². The number of nitrogens with one attached hydrogen (secondary N) is 1. The van der Waals surface area contributed by atoms with E-state index in [0.717, 1.165) is 24.0 Å². The van der Waals surface area contributed by atoms with Crippen LogP contribution in [-0.4, -0.2) is 36.1 Å².